The third-order valence-electron chi connectivity index (χ3n) is 2.55. The topological polar surface area (TPSA) is 47.3 Å². The van der Waals surface area contributed by atoms with Crippen LogP contribution in [-0.2, 0) is 13.2 Å². The van der Waals surface area contributed by atoms with Gasteiger partial charge in [0.05, 0.1) is 12.5 Å². The lowest BCUT2D eigenvalue weighted by atomic mass is 10.3. The molecule has 0 aliphatic rings. The third-order valence-corrected chi connectivity index (χ3v) is 2.55. The minimum absolute atomic E-state index is 0.427. The maximum absolute atomic E-state index is 5.59. The van der Waals surface area contributed by atoms with Crippen molar-refractivity contribution in [1.29, 1.82) is 0 Å². The molecule has 0 fully saturated rings. The Morgan fingerprint density at radius 2 is 2.28 bits per heavy atom. The van der Waals surface area contributed by atoms with E-state index in [1.807, 2.05) is 25.1 Å². The van der Waals surface area contributed by atoms with Crippen molar-refractivity contribution in [3.05, 3.63) is 47.7 Å². The molecule has 0 aliphatic heterocycles. The van der Waals surface area contributed by atoms with E-state index in [1.54, 1.807) is 12.5 Å². The second-order valence-corrected chi connectivity index (χ2v) is 4.13. The Hall–Kier alpha value is -1.81. The van der Waals surface area contributed by atoms with Crippen molar-refractivity contribution in [1.82, 2.24) is 10.3 Å². The van der Waals surface area contributed by atoms with Crippen LogP contribution >= 0.6 is 0 Å². The van der Waals surface area contributed by atoms with Gasteiger partial charge in [-0.05, 0) is 31.7 Å². The Morgan fingerprint density at radius 1 is 1.39 bits per heavy atom. The molecular weight excluding hydrogens is 228 g/mol. The summed E-state index contributed by atoms with van der Waals surface area (Å²) in [7, 11) is 0. The monoisotopic (exact) mass is 246 g/mol. The van der Waals surface area contributed by atoms with E-state index in [-0.39, 0.29) is 0 Å². The molecule has 2 heterocycles. The first-order valence-electron chi connectivity index (χ1n) is 6.10. The highest BCUT2D eigenvalue weighted by Gasteiger charge is 2.02. The molecule has 2 aromatic heterocycles. The fraction of sp³-hybridized carbons (Fsp3) is 0.357. The van der Waals surface area contributed by atoms with Crippen molar-refractivity contribution < 1.29 is 9.15 Å². The van der Waals surface area contributed by atoms with Crippen LogP contribution in [0.25, 0.3) is 0 Å². The van der Waals surface area contributed by atoms with Crippen molar-refractivity contribution in [2.75, 3.05) is 6.54 Å². The standard InChI is InChI=1S/C14H18N2O2/c1-3-15-7-12-6-14(17-9-12)10-18-13-5-4-11(2)16-8-13/h4-6,8-9,15H,3,7,10H2,1-2H3. The van der Waals surface area contributed by atoms with Crippen LogP contribution < -0.4 is 10.1 Å². The number of pyridine rings is 1. The fourth-order valence-electron chi connectivity index (χ4n) is 1.56. The lowest BCUT2D eigenvalue weighted by molar-refractivity contribution is 0.269. The Kier molecular flexibility index (Phi) is 4.36. The number of ether oxygens (including phenoxy) is 1. The van der Waals surface area contributed by atoms with Crippen LogP contribution in [0.4, 0.5) is 0 Å². The fourth-order valence-corrected chi connectivity index (χ4v) is 1.56. The third kappa shape index (κ3) is 3.60. The highest BCUT2D eigenvalue weighted by atomic mass is 16.5. The Morgan fingerprint density at radius 3 is 3.00 bits per heavy atom. The van der Waals surface area contributed by atoms with E-state index in [1.165, 1.54) is 0 Å². The van der Waals surface area contributed by atoms with Gasteiger partial charge in [-0.15, -0.1) is 0 Å². The quantitative estimate of drug-likeness (QED) is 0.851. The SMILES string of the molecule is CCNCc1coc(COc2ccc(C)nc2)c1. The second kappa shape index (κ2) is 6.21. The molecule has 0 amide bonds. The summed E-state index contributed by atoms with van der Waals surface area (Å²) in [6.07, 6.45) is 3.48. The van der Waals surface area contributed by atoms with Crippen molar-refractivity contribution in [3.8, 4) is 5.75 Å². The Bertz CT molecular complexity index is 477. The van der Waals surface area contributed by atoms with E-state index in [0.717, 1.165) is 35.9 Å². The second-order valence-electron chi connectivity index (χ2n) is 4.13. The molecule has 0 aromatic carbocycles. The van der Waals surface area contributed by atoms with E-state index in [2.05, 4.69) is 17.2 Å². The van der Waals surface area contributed by atoms with Gasteiger partial charge in [0.15, 0.2) is 0 Å². The van der Waals surface area contributed by atoms with Crippen LogP contribution in [0.15, 0.2) is 35.1 Å². The van der Waals surface area contributed by atoms with E-state index in [4.69, 9.17) is 9.15 Å². The average Bonchev–Trinajstić information content (AvgIpc) is 2.84. The van der Waals surface area contributed by atoms with E-state index < -0.39 is 0 Å². The molecule has 18 heavy (non-hydrogen) atoms. The number of hydrogen-bond donors (Lipinski definition) is 1. The number of nitrogens with zero attached hydrogens (tertiary/aromatic N) is 1. The molecular formula is C14H18N2O2. The van der Waals surface area contributed by atoms with Crippen LogP contribution in [0.3, 0.4) is 0 Å². The molecule has 0 spiro atoms. The molecule has 0 atom stereocenters. The molecule has 0 aliphatic carbocycles. The molecule has 0 saturated heterocycles. The van der Waals surface area contributed by atoms with Gasteiger partial charge in [-0.2, -0.15) is 0 Å². The van der Waals surface area contributed by atoms with Crippen molar-refractivity contribution in [2.45, 2.75) is 27.0 Å². The lowest BCUT2D eigenvalue weighted by Crippen LogP contribution is -2.10. The molecule has 0 radical (unpaired) electrons. The summed E-state index contributed by atoms with van der Waals surface area (Å²) in [5.74, 6) is 1.58. The number of aryl methyl sites for hydroxylation is 1. The Balaban J connectivity index is 1.86. The highest BCUT2D eigenvalue weighted by Crippen LogP contribution is 2.13. The summed E-state index contributed by atoms with van der Waals surface area (Å²) >= 11 is 0. The zero-order chi connectivity index (χ0) is 12.8. The van der Waals surface area contributed by atoms with Gasteiger partial charge in [-0.1, -0.05) is 6.92 Å². The van der Waals surface area contributed by atoms with Crippen LogP contribution in [-0.4, -0.2) is 11.5 Å². The van der Waals surface area contributed by atoms with Gasteiger partial charge in [-0.3, -0.25) is 4.98 Å². The summed E-state index contributed by atoms with van der Waals surface area (Å²) in [6, 6.07) is 5.84. The number of aromatic nitrogens is 1. The summed E-state index contributed by atoms with van der Waals surface area (Å²) in [6.45, 7) is 6.23. The van der Waals surface area contributed by atoms with Crippen LogP contribution in [0, 0.1) is 6.92 Å². The minimum Gasteiger partial charge on any atom is -0.484 e. The number of hydrogen-bond acceptors (Lipinski definition) is 4. The van der Waals surface area contributed by atoms with E-state index >= 15 is 0 Å². The lowest BCUT2D eigenvalue weighted by Gasteiger charge is -2.03. The summed E-state index contributed by atoms with van der Waals surface area (Å²) in [4.78, 5) is 4.17. The van der Waals surface area contributed by atoms with E-state index in [0.29, 0.717) is 6.61 Å². The zero-order valence-electron chi connectivity index (χ0n) is 10.8. The van der Waals surface area contributed by atoms with Gasteiger partial charge in [0.1, 0.15) is 18.1 Å². The maximum Gasteiger partial charge on any atom is 0.146 e. The first kappa shape index (κ1) is 12.6. The van der Waals surface area contributed by atoms with Crippen molar-refractivity contribution in [2.24, 2.45) is 0 Å². The molecule has 0 bridgehead atoms. The zero-order valence-corrected chi connectivity index (χ0v) is 10.8. The molecule has 2 rings (SSSR count). The average molecular weight is 246 g/mol. The molecule has 4 nitrogen and oxygen atoms in total. The van der Waals surface area contributed by atoms with E-state index in [9.17, 15) is 0 Å². The molecule has 1 N–H and O–H groups in total. The molecule has 0 saturated carbocycles. The van der Waals surface area contributed by atoms with Gasteiger partial charge in [0, 0.05) is 17.8 Å². The van der Waals surface area contributed by atoms with Crippen LogP contribution in [0.1, 0.15) is 23.9 Å². The first-order valence-corrected chi connectivity index (χ1v) is 6.10. The summed E-state index contributed by atoms with van der Waals surface area (Å²) < 4.78 is 11.0. The van der Waals surface area contributed by atoms with Crippen LogP contribution in [0.2, 0.25) is 0 Å². The summed E-state index contributed by atoms with van der Waals surface area (Å²) in [5.41, 5.74) is 2.12. The molecule has 2 aromatic rings. The predicted molar refractivity (Wildman–Crippen MR) is 69.4 cm³/mol. The largest absolute Gasteiger partial charge is 0.484 e. The molecule has 0 unspecified atom stereocenters. The van der Waals surface area contributed by atoms with Gasteiger partial charge < -0.3 is 14.5 Å². The summed E-state index contributed by atoms with van der Waals surface area (Å²) in [5, 5.41) is 3.25. The first-order chi connectivity index (χ1) is 8.78. The Labute approximate surface area is 107 Å². The van der Waals surface area contributed by atoms with Gasteiger partial charge in [0.2, 0.25) is 0 Å². The molecule has 96 valence electrons. The number of rotatable bonds is 6. The van der Waals surface area contributed by atoms with Crippen molar-refractivity contribution in [3.63, 3.8) is 0 Å². The van der Waals surface area contributed by atoms with Gasteiger partial charge in [0.25, 0.3) is 0 Å². The predicted octanol–water partition coefficient (Wildman–Crippen LogP) is 2.67. The van der Waals surface area contributed by atoms with Gasteiger partial charge in [-0.25, -0.2) is 0 Å². The number of furan rings is 1. The minimum atomic E-state index is 0.427. The molecule has 4 heteroatoms. The van der Waals surface area contributed by atoms with Crippen LogP contribution in [0.5, 0.6) is 5.75 Å². The van der Waals surface area contributed by atoms with Crippen molar-refractivity contribution >= 4 is 0 Å². The normalized spacial score (nSPS) is 10.6. The number of nitrogens with one attached hydrogen (secondary N) is 1. The maximum atomic E-state index is 5.59. The van der Waals surface area contributed by atoms with Gasteiger partial charge >= 0.3 is 0 Å². The highest BCUT2D eigenvalue weighted by molar-refractivity contribution is 5.20. The smallest absolute Gasteiger partial charge is 0.146 e.